The molecule has 9 heteroatoms. The molecule has 1 aromatic heterocycles. The number of ether oxygens (including phenoxy) is 1. The third-order valence-electron chi connectivity index (χ3n) is 5.56. The molecule has 0 aliphatic carbocycles. The van der Waals surface area contributed by atoms with Crippen LogP contribution in [0.3, 0.4) is 0 Å². The van der Waals surface area contributed by atoms with Gasteiger partial charge < -0.3 is 10.1 Å². The number of nitrogens with one attached hydrogen (secondary N) is 1. The first kappa shape index (κ1) is 24.9. The summed E-state index contributed by atoms with van der Waals surface area (Å²) >= 11 is 6.98. The molecule has 2 aromatic carbocycles. The smallest absolute Gasteiger partial charge is 0.273 e. The van der Waals surface area contributed by atoms with Gasteiger partial charge in [0.15, 0.2) is 0 Å². The van der Waals surface area contributed by atoms with Gasteiger partial charge >= 0.3 is 0 Å². The van der Waals surface area contributed by atoms with E-state index < -0.39 is 10.0 Å². The molecule has 0 fully saturated rings. The Morgan fingerprint density at radius 3 is 2.62 bits per heavy atom. The van der Waals surface area contributed by atoms with Gasteiger partial charge in [-0.05, 0) is 49.1 Å². The molecule has 0 spiro atoms. The monoisotopic (exact) mass is 512 g/mol. The van der Waals surface area contributed by atoms with Crippen LogP contribution >= 0.6 is 35.3 Å². The summed E-state index contributed by atoms with van der Waals surface area (Å²) < 4.78 is 34.0. The van der Waals surface area contributed by atoms with Crippen LogP contribution < -0.4 is 14.4 Å². The van der Waals surface area contributed by atoms with E-state index in [9.17, 15) is 8.42 Å². The Balaban J connectivity index is 0.00000289. The van der Waals surface area contributed by atoms with Crippen LogP contribution in [-0.4, -0.2) is 28.1 Å². The molecule has 1 aliphatic rings. The summed E-state index contributed by atoms with van der Waals surface area (Å²) in [4.78, 5) is 0. The average Bonchev–Trinajstić information content (AvgIpc) is 3.24. The topological polar surface area (TPSA) is 58.6 Å². The number of fused-ring (bicyclic) bond motifs is 1. The molecule has 0 bridgehead atoms. The van der Waals surface area contributed by atoms with E-state index in [-0.39, 0.29) is 28.8 Å². The summed E-state index contributed by atoms with van der Waals surface area (Å²) in [6.07, 6.45) is 1.85. The Morgan fingerprint density at radius 2 is 1.94 bits per heavy atom. The van der Waals surface area contributed by atoms with Crippen LogP contribution in [0.2, 0.25) is 4.34 Å². The first-order chi connectivity index (χ1) is 14.8. The van der Waals surface area contributed by atoms with Gasteiger partial charge in [0.1, 0.15) is 16.1 Å². The first-order valence-electron chi connectivity index (χ1n) is 10.2. The molecule has 1 aliphatic heterocycles. The second-order valence-electron chi connectivity index (χ2n) is 7.64. The average molecular weight is 514 g/mol. The number of thiophene rings is 1. The molecule has 1 N–H and O–H groups in total. The third kappa shape index (κ3) is 5.41. The van der Waals surface area contributed by atoms with Crippen molar-refractivity contribution in [3.8, 4) is 5.75 Å². The molecule has 172 valence electrons. The third-order valence-corrected chi connectivity index (χ3v) is 9.04. The van der Waals surface area contributed by atoms with Crippen molar-refractivity contribution in [3.63, 3.8) is 0 Å². The summed E-state index contributed by atoms with van der Waals surface area (Å²) in [5.41, 5.74) is 2.90. The molecule has 0 radical (unpaired) electrons. The maximum absolute atomic E-state index is 12.9. The summed E-state index contributed by atoms with van der Waals surface area (Å²) in [7, 11) is -2.11. The van der Waals surface area contributed by atoms with Crippen LogP contribution in [0.4, 0.5) is 5.69 Å². The van der Waals surface area contributed by atoms with E-state index in [4.69, 9.17) is 16.3 Å². The largest absolute Gasteiger partial charge is 0.489 e. The minimum atomic E-state index is -3.66. The Hall–Kier alpha value is -1.77. The van der Waals surface area contributed by atoms with E-state index in [1.807, 2.05) is 36.4 Å². The van der Waals surface area contributed by atoms with Crippen LogP contribution in [0, 0.1) is 0 Å². The summed E-state index contributed by atoms with van der Waals surface area (Å²) in [5.74, 6) is 0.745. The lowest BCUT2D eigenvalue weighted by Gasteiger charge is -2.29. The van der Waals surface area contributed by atoms with Crippen molar-refractivity contribution in [2.75, 3.05) is 17.9 Å². The molecule has 1 unspecified atom stereocenters. The highest BCUT2D eigenvalue weighted by molar-refractivity contribution is 7.94. The highest BCUT2D eigenvalue weighted by Gasteiger charge is 2.26. The molecule has 4 rings (SSSR count). The number of hydrogen-bond acceptors (Lipinski definition) is 5. The van der Waals surface area contributed by atoms with E-state index in [1.54, 1.807) is 13.1 Å². The number of benzene rings is 2. The van der Waals surface area contributed by atoms with Gasteiger partial charge in [-0.3, -0.25) is 4.31 Å². The van der Waals surface area contributed by atoms with Crippen molar-refractivity contribution >= 4 is 51.1 Å². The number of hydrogen-bond donors (Lipinski definition) is 1. The normalized spacial score (nSPS) is 16.4. The fourth-order valence-electron chi connectivity index (χ4n) is 3.63. The van der Waals surface area contributed by atoms with Crippen molar-refractivity contribution in [2.24, 2.45) is 0 Å². The number of aryl methyl sites for hydroxylation is 1. The lowest BCUT2D eigenvalue weighted by atomic mass is 10.0. The van der Waals surface area contributed by atoms with E-state index in [0.29, 0.717) is 10.0 Å². The van der Waals surface area contributed by atoms with Gasteiger partial charge in [0, 0.05) is 25.7 Å². The van der Waals surface area contributed by atoms with Gasteiger partial charge in [0.05, 0.1) is 10.0 Å². The molecule has 0 saturated heterocycles. The van der Waals surface area contributed by atoms with Crippen molar-refractivity contribution in [2.45, 2.75) is 36.1 Å². The van der Waals surface area contributed by atoms with Gasteiger partial charge in [-0.15, -0.1) is 23.7 Å². The molecule has 2 atom stereocenters. The van der Waals surface area contributed by atoms with Gasteiger partial charge in [0.2, 0.25) is 0 Å². The molecular weight excluding hydrogens is 487 g/mol. The van der Waals surface area contributed by atoms with Crippen molar-refractivity contribution in [3.05, 3.63) is 76.1 Å². The zero-order valence-electron chi connectivity index (χ0n) is 17.8. The molecule has 0 saturated carbocycles. The van der Waals surface area contributed by atoms with Gasteiger partial charge in [0.25, 0.3) is 10.0 Å². The Kier molecular flexibility index (Phi) is 8.11. The van der Waals surface area contributed by atoms with E-state index in [1.165, 1.54) is 15.9 Å². The van der Waals surface area contributed by atoms with Crippen LogP contribution in [0.25, 0.3) is 0 Å². The fourth-order valence-corrected chi connectivity index (χ4v) is 6.47. The summed E-state index contributed by atoms with van der Waals surface area (Å²) in [5, 5.41) is 3.54. The zero-order chi connectivity index (χ0) is 22.0. The Bertz CT molecular complexity index is 1150. The lowest BCUT2D eigenvalue weighted by Crippen LogP contribution is -2.35. The standard InChI is InChI=1S/C23H25ClN2O3S2.ClH/c1-16(17-6-4-3-5-7-17)25-15-20-11-9-18-8-10-19(14-21(18)29-20)26(2)31(27,28)23-13-12-22(24)30-23;/h3-8,10,12-14,16,20,25H,9,11,15H2,1-2H3;1H/t16-,20?;/m1./s1. The lowest BCUT2D eigenvalue weighted by molar-refractivity contribution is 0.167. The second kappa shape index (κ2) is 10.4. The Morgan fingerprint density at radius 1 is 1.19 bits per heavy atom. The second-order valence-corrected chi connectivity index (χ2v) is 11.6. The number of halogens is 2. The van der Waals surface area contributed by atoms with Crippen LogP contribution in [-0.2, 0) is 16.4 Å². The maximum atomic E-state index is 12.9. The quantitative estimate of drug-likeness (QED) is 0.441. The highest BCUT2D eigenvalue weighted by atomic mass is 35.5. The minimum absolute atomic E-state index is 0. The molecular formula is C23H26Cl2N2O3S2. The number of nitrogens with zero attached hydrogens (tertiary/aromatic N) is 1. The van der Waals surface area contributed by atoms with Gasteiger partial charge in [-0.2, -0.15) is 0 Å². The molecule has 5 nitrogen and oxygen atoms in total. The van der Waals surface area contributed by atoms with Crippen LogP contribution in [0.15, 0.2) is 64.9 Å². The van der Waals surface area contributed by atoms with Gasteiger partial charge in [-0.1, -0.05) is 48.0 Å². The molecule has 2 heterocycles. The SMILES string of the molecule is C[C@@H](NCC1CCc2ccc(N(C)S(=O)(=O)c3ccc(Cl)s3)cc2O1)c1ccccc1.Cl. The van der Waals surface area contributed by atoms with E-state index >= 15 is 0 Å². The van der Waals surface area contributed by atoms with Crippen molar-refractivity contribution in [1.82, 2.24) is 5.32 Å². The van der Waals surface area contributed by atoms with Crippen molar-refractivity contribution < 1.29 is 13.2 Å². The first-order valence-corrected chi connectivity index (χ1v) is 12.8. The molecule has 3 aromatic rings. The molecule has 32 heavy (non-hydrogen) atoms. The summed E-state index contributed by atoms with van der Waals surface area (Å²) in [6, 6.07) is 19.3. The maximum Gasteiger partial charge on any atom is 0.273 e. The van der Waals surface area contributed by atoms with Gasteiger partial charge in [-0.25, -0.2) is 8.42 Å². The van der Waals surface area contributed by atoms with E-state index in [2.05, 4.69) is 24.4 Å². The van der Waals surface area contributed by atoms with Crippen LogP contribution in [0.1, 0.15) is 30.5 Å². The number of anilines is 1. The highest BCUT2D eigenvalue weighted by Crippen LogP contribution is 2.35. The zero-order valence-corrected chi connectivity index (χ0v) is 21.0. The molecule has 0 amide bonds. The summed E-state index contributed by atoms with van der Waals surface area (Å²) in [6.45, 7) is 2.86. The fraction of sp³-hybridized carbons (Fsp3) is 0.304. The number of rotatable bonds is 7. The van der Waals surface area contributed by atoms with Crippen LogP contribution in [0.5, 0.6) is 5.75 Å². The van der Waals surface area contributed by atoms with Crippen molar-refractivity contribution in [1.29, 1.82) is 0 Å². The minimum Gasteiger partial charge on any atom is -0.489 e. The number of sulfonamides is 1. The Labute approximate surface area is 204 Å². The van der Waals surface area contributed by atoms with E-state index in [0.717, 1.165) is 42.0 Å². The predicted octanol–water partition coefficient (Wildman–Crippen LogP) is 5.69. The predicted molar refractivity (Wildman–Crippen MR) is 134 cm³/mol.